The van der Waals surface area contributed by atoms with Crippen LogP contribution in [0.4, 0.5) is 0 Å². The highest BCUT2D eigenvalue weighted by atomic mass is 35.5. The first kappa shape index (κ1) is 15.9. The van der Waals surface area contributed by atoms with Gasteiger partial charge in [0.15, 0.2) is 11.5 Å². The van der Waals surface area contributed by atoms with Gasteiger partial charge in [0, 0.05) is 5.02 Å². The Hall–Kier alpha value is -2.44. The van der Waals surface area contributed by atoms with Crippen LogP contribution in [0.15, 0.2) is 42.5 Å². The molecule has 0 amide bonds. The van der Waals surface area contributed by atoms with Crippen LogP contribution >= 0.6 is 11.6 Å². The first-order valence-corrected chi connectivity index (χ1v) is 7.24. The SMILES string of the molecule is CCOc1ccc(/C=C(/C#N)c2ccc(Cl)cc2)cc1OC. The number of rotatable bonds is 5. The summed E-state index contributed by atoms with van der Waals surface area (Å²) in [6, 6.07) is 15.0. The van der Waals surface area contributed by atoms with Crippen LogP contribution < -0.4 is 9.47 Å². The molecule has 2 aromatic carbocycles. The number of benzene rings is 2. The topological polar surface area (TPSA) is 42.2 Å². The van der Waals surface area contributed by atoms with Crippen molar-refractivity contribution in [3.63, 3.8) is 0 Å². The Labute approximate surface area is 135 Å². The third kappa shape index (κ3) is 3.81. The lowest BCUT2D eigenvalue weighted by Crippen LogP contribution is -1.95. The van der Waals surface area contributed by atoms with E-state index in [1.807, 2.05) is 43.3 Å². The molecule has 0 bridgehead atoms. The van der Waals surface area contributed by atoms with Gasteiger partial charge in [0.1, 0.15) is 0 Å². The van der Waals surface area contributed by atoms with Crippen molar-refractivity contribution in [3.8, 4) is 17.6 Å². The Bertz CT molecular complexity index is 715. The molecule has 0 aliphatic carbocycles. The van der Waals surface area contributed by atoms with Gasteiger partial charge in [-0.2, -0.15) is 5.26 Å². The van der Waals surface area contributed by atoms with Crippen LogP contribution in [0.1, 0.15) is 18.1 Å². The third-order valence-electron chi connectivity index (χ3n) is 3.07. The zero-order chi connectivity index (χ0) is 15.9. The molecule has 0 saturated carbocycles. The Balaban J connectivity index is 2.37. The van der Waals surface area contributed by atoms with Gasteiger partial charge in [-0.05, 0) is 48.4 Å². The van der Waals surface area contributed by atoms with Crippen molar-refractivity contribution in [2.24, 2.45) is 0 Å². The maximum Gasteiger partial charge on any atom is 0.161 e. The summed E-state index contributed by atoms with van der Waals surface area (Å²) in [6.45, 7) is 2.49. The fourth-order valence-electron chi connectivity index (χ4n) is 2.02. The van der Waals surface area contributed by atoms with E-state index in [0.717, 1.165) is 11.1 Å². The van der Waals surface area contributed by atoms with Crippen molar-refractivity contribution in [1.29, 1.82) is 5.26 Å². The number of halogens is 1. The molecule has 0 saturated heterocycles. The van der Waals surface area contributed by atoms with Gasteiger partial charge in [-0.1, -0.05) is 29.8 Å². The Morgan fingerprint density at radius 1 is 1.18 bits per heavy atom. The van der Waals surface area contributed by atoms with E-state index in [-0.39, 0.29) is 0 Å². The number of nitriles is 1. The monoisotopic (exact) mass is 313 g/mol. The highest BCUT2D eigenvalue weighted by molar-refractivity contribution is 6.30. The normalized spacial score (nSPS) is 10.9. The van der Waals surface area contributed by atoms with Crippen LogP contribution in [0.2, 0.25) is 5.02 Å². The van der Waals surface area contributed by atoms with Gasteiger partial charge < -0.3 is 9.47 Å². The second-order valence-corrected chi connectivity index (χ2v) is 4.96. The number of nitrogens with zero attached hydrogens (tertiary/aromatic N) is 1. The molecule has 4 heteroatoms. The first-order chi connectivity index (χ1) is 10.7. The fraction of sp³-hybridized carbons (Fsp3) is 0.167. The van der Waals surface area contributed by atoms with Gasteiger partial charge in [-0.25, -0.2) is 0 Å². The van der Waals surface area contributed by atoms with E-state index in [1.165, 1.54) is 0 Å². The molecule has 2 rings (SSSR count). The number of methoxy groups -OCH3 is 1. The van der Waals surface area contributed by atoms with E-state index in [1.54, 1.807) is 19.2 Å². The van der Waals surface area contributed by atoms with E-state index < -0.39 is 0 Å². The van der Waals surface area contributed by atoms with E-state index >= 15 is 0 Å². The maximum absolute atomic E-state index is 9.37. The molecule has 0 atom stereocenters. The van der Waals surface area contributed by atoms with Crippen molar-refractivity contribution in [2.75, 3.05) is 13.7 Å². The molecule has 0 aliphatic heterocycles. The highest BCUT2D eigenvalue weighted by Gasteiger charge is 2.06. The van der Waals surface area contributed by atoms with E-state index in [2.05, 4.69) is 6.07 Å². The lowest BCUT2D eigenvalue weighted by atomic mass is 10.0. The minimum Gasteiger partial charge on any atom is -0.493 e. The molecule has 112 valence electrons. The van der Waals surface area contributed by atoms with Gasteiger partial charge in [0.05, 0.1) is 25.4 Å². The number of allylic oxidation sites excluding steroid dienone is 1. The van der Waals surface area contributed by atoms with Crippen LogP contribution in [0.3, 0.4) is 0 Å². The molecule has 0 radical (unpaired) electrons. The minimum absolute atomic E-state index is 0.558. The summed E-state index contributed by atoms with van der Waals surface area (Å²) in [5, 5.41) is 10.0. The summed E-state index contributed by atoms with van der Waals surface area (Å²) in [4.78, 5) is 0. The summed E-state index contributed by atoms with van der Waals surface area (Å²) in [6.07, 6.45) is 1.81. The second-order valence-electron chi connectivity index (χ2n) is 4.52. The summed E-state index contributed by atoms with van der Waals surface area (Å²) in [5.74, 6) is 1.33. The van der Waals surface area contributed by atoms with Gasteiger partial charge in [0.25, 0.3) is 0 Å². The molecule has 0 aromatic heterocycles. The molecule has 0 heterocycles. The zero-order valence-electron chi connectivity index (χ0n) is 12.5. The lowest BCUT2D eigenvalue weighted by molar-refractivity contribution is 0.311. The quantitative estimate of drug-likeness (QED) is 0.587. The summed E-state index contributed by atoms with van der Waals surface area (Å²) in [7, 11) is 1.59. The molecule has 0 aliphatic rings. The zero-order valence-corrected chi connectivity index (χ0v) is 13.2. The van der Waals surface area contributed by atoms with Crippen molar-refractivity contribution in [3.05, 3.63) is 58.6 Å². The van der Waals surface area contributed by atoms with Gasteiger partial charge in [0.2, 0.25) is 0 Å². The summed E-state index contributed by atoms with van der Waals surface area (Å²) >= 11 is 5.87. The number of ether oxygens (including phenoxy) is 2. The van der Waals surface area contributed by atoms with Crippen molar-refractivity contribution in [2.45, 2.75) is 6.92 Å². The molecule has 0 spiro atoms. The lowest BCUT2D eigenvalue weighted by Gasteiger charge is -2.10. The molecule has 3 nitrogen and oxygen atoms in total. The average molecular weight is 314 g/mol. The van der Waals surface area contributed by atoms with Crippen molar-refractivity contribution in [1.82, 2.24) is 0 Å². The van der Waals surface area contributed by atoms with Crippen LogP contribution in [-0.2, 0) is 0 Å². The predicted molar refractivity (Wildman–Crippen MR) is 89.1 cm³/mol. The third-order valence-corrected chi connectivity index (χ3v) is 3.33. The highest BCUT2D eigenvalue weighted by Crippen LogP contribution is 2.30. The first-order valence-electron chi connectivity index (χ1n) is 6.86. The molecule has 0 N–H and O–H groups in total. The van der Waals surface area contributed by atoms with Gasteiger partial charge >= 0.3 is 0 Å². The number of hydrogen-bond acceptors (Lipinski definition) is 3. The van der Waals surface area contributed by atoms with Crippen LogP contribution in [0, 0.1) is 11.3 Å². The van der Waals surface area contributed by atoms with Crippen molar-refractivity contribution < 1.29 is 9.47 Å². The largest absolute Gasteiger partial charge is 0.493 e. The Morgan fingerprint density at radius 2 is 1.91 bits per heavy atom. The standard InChI is InChI=1S/C18H16ClNO2/c1-3-22-17-9-4-13(11-18(17)21-2)10-15(12-20)14-5-7-16(19)8-6-14/h4-11H,3H2,1-2H3/b15-10-. The Morgan fingerprint density at radius 3 is 2.50 bits per heavy atom. The second kappa shape index (κ2) is 7.53. The van der Waals surface area contributed by atoms with Crippen LogP contribution in [0.25, 0.3) is 11.6 Å². The molecule has 0 fully saturated rings. The predicted octanol–water partition coefficient (Wildman–Crippen LogP) is 4.81. The fourth-order valence-corrected chi connectivity index (χ4v) is 2.15. The Kier molecular flexibility index (Phi) is 5.46. The minimum atomic E-state index is 0.558. The van der Waals surface area contributed by atoms with Crippen LogP contribution in [0.5, 0.6) is 11.5 Å². The smallest absolute Gasteiger partial charge is 0.161 e. The molecular formula is C18H16ClNO2. The summed E-state index contributed by atoms with van der Waals surface area (Å²) in [5.41, 5.74) is 2.24. The molecule has 2 aromatic rings. The number of hydrogen-bond donors (Lipinski definition) is 0. The maximum atomic E-state index is 9.37. The van der Waals surface area contributed by atoms with E-state index in [9.17, 15) is 5.26 Å². The summed E-state index contributed by atoms with van der Waals surface area (Å²) < 4.78 is 10.8. The van der Waals surface area contributed by atoms with E-state index in [0.29, 0.717) is 28.7 Å². The molecule has 0 unspecified atom stereocenters. The van der Waals surface area contributed by atoms with Gasteiger partial charge in [-0.3, -0.25) is 0 Å². The van der Waals surface area contributed by atoms with Gasteiger partial charge in [-0.15, -0.1) is 0 Å². The molecular weight excluding hydrogens is 298 g/mol. The average Bonchev–Trinajstić information content (AvgIpc) is 2.55. The van der Waals surface area contributed by atoms with Crippen molar-refractivity contribution >= 4 is 23.3 Å². The molecule has 22 heavy (non-hydrogen) atoms. The van der Waals surface area contributed by atoms with Crippen LogP contribution in [-0.4, -0.2) is 13.7 Å². The van der Waals surface area contributed by atoms with E-state index in [4.69, 9.17) is 21.1 Å².